The molecular formula is C17H17ClN2O3. The molecular weight excluding hydrogens is 316 g/mol. The molecule has 23 heavy (non-hydrogen) atoms. The lowest BCUT2D eigenvalue weighted by Gasteiger charge is -2.07. The number of anilines is 1. The van der Waals surface area contributed by atoms with Crippen molar-refractivity contribution in [2.75, 3.05) is 5.32 Å². The SMILES string of the molecule is CCCCc1ccc(NC(=O)c2ccc(Cl)c([N+](=O)[O-])c2)cc1. The van der Waals surface area contributed by atoms with E-state index in [0.29, 0.717) is 5.69 Å². The number of hydrogen-bond donors (Lipinski definition) is 1. The monoisotopic (exact) mass is 332 g/mol. The number of hydrogen-bond acceptors (Lipinski definition) is 3. The zero-order chi connectivity index (χ0) is 16.8. The first-order valence-corrected chi connectivity index (χ1v) is 7.73. The topological polar surface area (TPSA) is 72.2 Å². The number of carbonyl (C=O) groups excluding carboxylic acids is 1. The molecule has 1 N–H and O–H groups in total. The van der Waals surface area contributed by atoms with Gasteiger partial charge in [-0.2, -0.15) is 0 Å². The van der Waals surface area contributed by atoms with E-state index in [-0.39, 0.29) is 16.3 Å². The quantitative estimate of drug-likeness (QED) is 0.607. The van der Waals surface area contributed by atoms with Crippen LogP contribution in [0.3, 0.4) is 0 Å². The Kier molecular flexibility index (Phi) is 5.71. The maximum Gasteiger partial charge on any atom is 0.288 e. The molecule has 0 bridgehead atoms. The molecule has 0 aromatic heterocycles. The number of nitro benzene ring substituents is 1. The van der Waals surface area contributed by atoms with Gasteiger partial charge in [-0.1, -0.05) is 37.1 Å². The average Bonchev–Trinajstić information content (AvgIpc) is 2.54. The van der Waals surface area contributed by atoms with E-state index in [0.717, 1.165) is 19.3 Å². The Morgan fingerprint density at radius 2 is 1.91 bits per heavy atom. The highest BCUT2D eigenvalue weighted by Gasteiger charge is 2.16. The Labute approximate surface area is 139 Å². The van der Waals surface area contributed by atoms with E-state index in [1.54, 1.807) is 0 Å². The van der Waals surface area contributed by atoms with Crippen LogP contribution in [0.15, 0.2) is 42.5 Å². The molecule has 0 atom stereocenters. The molecule has 6 heteroatoms. The maximum atomic E-state index is 12.2. The highest BCUT2D eigenvalue weighted by Crippen LogP contribution is 2.25. The van der Waals surface area contributed by atoms with Crippen LogP contribution in [0.5, 0.6) is 0 Å². The summed E-state index contributed by atoms with van der Waals surface area (Å²) < 4.78 is 0. The van der Waals surface area contributed by atoms with Crippen LogP contribution in [0.4, 0.5) is 11.4 Å². The molecule has 1 amide bonds. The predicted octanol–water partition coefficient (Wildman–Crippen LogP) is 4.84. The largest absolute Gasteiger partial charge is 0.322 e. The summed E-state index contributed by atoms with van der Waals surface area (Å²) in [7, 11) is 0. The number of nitrogens with zero attached hydrogens (tertiary/aromatic N) is 1. The first-order chi connectivity index (χ1) is 11.0. The number of nitrogens with one attached hydrogen (secondary N) is 1. The second-order valence-electron chi connectivity index (χ2n) is 5.18. The Bertz CT molecular complexity index is 714. The fourth-order valence-corrected chi connectivity index (χ4v) is 2.32. The Morgan fingerprint density at radius 1 is 1.22 bits per heavy atom. The van der Waals surface area contributed by atoms with E-state index in [2.05, 4.69) is 12.2 Å². The normalized spacial score (nSPS) is 10.3. The number of nitro groups is 1. The van der Waals surface area contributed by atoms with Gasteiger partial charge in [-0.15, -0.1) is 0 Å². The van der Waals surface area contributed by atoms with Gasteiger partial charge in [0.25, 0.3) is 11.6 Å². The third-order valence-electron chi connectivity index (χ3n) is 3.44. The van der Waals surface area contributed by atoms with Gasteiger partial charge in [0, 0.05) is 17.3 Å². The summed E-state index contributed by atoms with van der Waals surface area (Å²) in [5.74, 6) is -0.411. The molecule has 0 spiro atoms. The molecule has 0 unspecified atom stereocenters. The van der Waals surface area contributed by atoms with Gasteiger partial charge >= 0.3 is 0 Å². The molecule has 2 rings (SSSR count). The molecule has 120 valence electrons. The van der Waals surface area contributed by atoms with E-state index in [4.69, 9.17) is 11.6 Å². The van der Waals surface area contributed by atoms with Crippen molar-refractivity contribution >= 4 is 28.9 Å². The summed E-state index contributed by atoms with van der Waals surface area (Å²) >= 11 is 5.74. The Morgan fingerprint density at radius 3 is 2.52 bits per heavy atom. The smallest absolute Gasteiger partial charge is 0.288 e. The van der Waals surface area contributed by atoms with Crippen LogP contribution in [-0.4, -0.2) is 10.8 Å². The van der Waals surface area contributed by atoms with Gasteiger partial charge in [0.1, 0.15) is 5.02 Å². The van der Waals surface area contributed by atoms with Gasteiger partial charge < -0.3 is 5.32 Å². The summed E-state index contributed by atoms with van der Waals surface area (Å²) in [5, 5.41) is 13.6. The Balaban J connectivity index is 2.10. The van der Waals surface area contributed by atoms with E-state index >= 15 is 0 Å². The number of rotatable bonds is 6. The molecule has 0 aliphatic rings. The number of halogens is 1. The zero-order valence-corrected chi connectivity index (χ0v) is 13.5. The minimum absolute atomic E-state index is 0.00632. The summed E-state index contributed by atoms with van der Waals surface area (Å²) in [6.45, 7) is 2.14. The van der Waals surface area contributed by atoms with Gasteiger partial charge in [-0.05, 0) is 42.7 Å². The van der Waals surface area contributed by atoms with Gasteiger partial charge in [-0.3, -0.25) is 14.9 Å². The van der Waals surface area contributed by atoms with Crippen molar-refractivity contribution in [3.8, 4) is 0 Å². The molecule has 2 aromatic rings. The minimum Gasteiger partial charge on any atom is -0.322 e. The van der Waals surface area contributed by atoms with Crippen LogP contribution in [0.2, 0.25) is 5.02 Å². The number of carbonyl (C=O) groups is 1. The molecule has 0 aliphatic carbocycles. The lowest BCUT2D eigenvalue weighted by atomic mass is 10.1. The van der Waals surface area contributed by atoms with Crippen LogP contribution in [0.1, 0.15) is 35.7 Å². The van der Waals surface area contributed by atoms with Crippen LogP contribution in [-0.2, 0) is 6.42 Å². The van der Waals surface area contributed by atoms with Gasteiger partial charge in [0.05, 0.1) is 4.92 Å². The molecule has 0 aliphatic heterocycles. The van der Waals surface area contributed by atoms with Crippen LogP contribution in [0.25, 0.3) is 0 Å². The standard InChI is InChI=1S/C17H17ClN2O3/c1-2-3-4-12-5-8-14(9-6-12)19-17(21)13-7-10-15(18)16(11-13)20(22)23/h5-11H,2-4H2,1H3,(H,19,21). The summed E-state index contributed by atoms with van der Waals surface area (Å²) in [6, 6.07) is 11.6. The van der Waals surface area contributed by atoms with Gasteiger partial charge in [0.15, 0.2) is 0 Å². The maximum absolute atomic E-state index is 12.2. The Hall–Kier alpha value is -2.40. The lowest BCUT2D eigenvalue weighted by Crippen LogP contribution is -2.12. The van der Waals surface area contributed by atoms with Crippen molar-refractivity contribution in [2.45, 2.75) is 26.2 Å². The van der Waals surface area contributed by atoms with E-state index in [9.17, 15) is 14.9 Å². The lowest BCUT2D eigenvalue weighted by molar-refractivity contribution is -0.384. The third kappa shape index (κ3) is 4.53. The first kappa shape index (κ1) is 17.0. The van der Waals surface area contributed by atoms with Crippen molar-refractivity contribution in [2.24, 2.45) is 0 Å². The minimum atomic E-state index is -0.609. The fourth-order valence-electron chi connectivity index (χ4n) is 2.13. The molecule has 5 nitrogen and oxygen atoms in total. The second-order valence-corrected chi connectivity index (χ2v) is 5.59. The molecule has 0 saturated heterocycles. The van der Waals surface area contributed by atoms with Crippen LogP contribution >= 0.6 is 11.6 Å². The van der Waals surface area contributed by atoms with Crippen molar-refractivity contribution in [1.29, 1.82) is 0 Å². The second kappa shape index (κ2) is 7.74. The highest BCUT2D eigenvalue weighted by molar-refractivity contribution is 6.32. The highest BCUT2D eigenvalue weighted by atomic mass is 35.5. The van der Waals surface area contributed by atoms with Crippen LogP contribution in [0, 0.1) is 10.1 Å². The summed E-state index contributed by atoms with van der Waals surface area (Å²) in [5.41, 5.74) is 1.77. The average molecular weight is 333 g/mol. The summed E-state index contributed by atoms with van der Waals surface area (Å²) in [6.07, 6.45) is 3.27. The van der Waals surface area contributed by atoms with E-state index in [1.807, 2.05) is 24.3 Å². The van der Waals surface area contributed by atoms with E-state index in [1.165, 1.54) is 23.8 Å². The third-order valence-corrected chi connectivity index (χ3v) is 3.76. The first-order valence-electron chi connectivity index (χ1n) is 7.35. The summed E-state index contributed by atoms with van der Waals surface area (Å²) in [4.78, 5) is 22.4. The zero-order valence-electron chi connectivity index (χ0n) is 12.7. The van der Waals surface area contributed by atoms with Crippen molar-refractivity contribution in [3.63, 3.8) is 0 Å². The van der Waals surface area contributed by atoms with Crippen molar-refractivity contribution in [1.82, 2.24) is 0 Å². The number of amides is 1. The number of benzene rings is 2. The van der Waals surface area contributed by atoms with E-state index < -0.39 is 10.8 Å². The molecule has 0 fully saturated rings. The molecule has 0 saturated carbocycles. The molecule has 0 radical (unpaired) electrons. The predicted molar refractivity (Wildman–Crippen MR) is 91.1 cm³/mol. The van der Waals surface area contributed by atoms with Gasteiger partial charge in [-0.25, -0.2) is 0 Å². The van der Waals surface area contributed by atoms with Crippen molar-refractivity contribution in [3.05, 3.63) is 68.7 Å². The van der Waals surface area contributed by atoms with Gasteiger partial charge in [0.2, 0.25) is 0 Å². The van der Waals surface area contributed by atoms with Crippen molar-refractivity contribution < 1.29 is 9.72 Å². The molecule has 0 heterocycles. The fraction of sp³-hybridized carbons (Fsp3) is 0.235. The van der Waals surface area contributed by atoms with Crippen LogP contribution < -0.4 is 5.32 Å². The molecule has 2 aromatic carbocycles. The number of aryl methyl sites for hydroxylation is 1. The number of unbranched alkanes of at least 4 members (excludes halogenated alkanes) is 1.